The fourth-order valence-electron chi connectivity index (χ4n) is 2.17. The Morgan fingerprint density at radius 3 is 2.59 bits per heavy atom. The Hall–Kier alpha value is -0.710. The summed E-state index contributed by atoms with van der Waals surface area (Å²) >= 11 is 3.39. The molecule has 1 fully saturated rings. The molecule has 1 aromatic rings. The van der Waals surface area contributed by atoms with Gasteiger partial charge in [-0.2, -0.15) is 13.2 Å². The smallest absolute Gasteiger partial charge is 0.371 e. The van der Waals surface area contributed by atoms with Crippen molar-refractivity contribution in [2.24, 2.45) is 5.92 Å². The number of para-hydroxylation sites is 1. The molecule has 1 aliphatic rings. The molecule has 0 amide bonds. The molecule has 1 unspecified atom stereocenters. The lowest BCUT2D eigenvalue weighted by Gasteiger charge is -2.23. The molecule has 94 valence electrons. The first-order valence-electron chi connectivity index (χ1n) is 5.49. The third-order valence-corrected chi connectivity index (χ3v) is 3.97. The number of rotatable bonds is 2. The van der Waals surface area contributed by atoms with Crippen LogP contribution in [-0.2, 0) is 6.18 Å². The summed E-state index contributed by atoms with van der Waals surface area (Å²) in [7, 11) is 0. The van der Waals surface area contributed by atoms with E-state index in [9.17, 15) is 13.2 Å². The van der Waals surface area contributed by atoms with Gasteiger partial charge in [0, 0.05) is 24.1 Å². The second-order valence-electron chi connectivity index (χ2n) is 4.27. The fraction of sp³-hybridized carbons (Fsp3) is 0.500. The maximum absolute atomic E-state index is 12.8. The number of halogens is 4. The first kappa shape index (κ1) is 12.7. The van der Waals surface area contributed by atoms with E-state index in [0.717, 1.165) is 17.8 Å². The molecule has 0 saturated carbocycles. The van der Waals surface area contributed by atoms with Gasteiger partial charge in [-0.3, -0.25) is 0 Å². The zero-order valence-electron chi connectivity index (χ0n) is 9.17. The van der Waals surface area contributed by atoms with Crippen LogP contribution in [0.5, 0.6) is 0 Å². The average molecular weight is 308 g/mol. The zero-order valence-corrected chi connectivity index (χ0v) is 10.8. The second kappa shape index (κ2) is 4.88. The molecule has 0 N–H and O–H groups in total. The van der Waals surface area contributed by atoms with Crippen LogP contribution in [0.4, 0.5) is 18.9 Å². The van der Waals surface area contributed by atoms with E-state index in [-0.39, 0.29) is 0 Å². The molecule has 2 rings (SSSR count). The van der Waals surface area contributed by atoms with Crippen molar-refractivity contribution in [2.75, 3.05) is 23.3 Å². The van der Waals surface area contributed by atoms with Crippen molar-refractivity contribution in [2.45, 2.75) is 12.6 Å². The third kappa shape index (κ3) is 2.76. The molecule has 1 atom stereocenters. The molecule has 1 heterocycles. The summed E-state index contributed by atoms with van der Waals surface area (Å²) in [5.74, 6) is 0.441. The zero-order chi connectivity index (χ0) is 12.5. The van der Waals surface area contributed by atoms with Crippen LogP contribution in [0.2, 0.25) is 0 Å². The summed E-state index contributed by atoms with van der Waals surface area (Å²) in [5, 5.41) is 0.845. The van der Waals surface area contributed by atoms with Crippen LogP contribution < -0.4 is 4.90 Å². The molecule has 1 nitrogen and oxygen atoms in total. The minimum absolute atomic E-state index is 0.309. The van der Waals surface area contributed by atoms with Crippen molar-refractivity contribution in [3.63, 3.8) is 0 Å². The van der Waals surface area contributed by atoms with Crippen molar-refractivity contribution in [3.05, 3.63) is 29.8 Å². The Labute approximate surface area is 107 Å². The molecule has 0 bridgehead atoms. The standard InChI is InChI=1S/C12H13BrF3N/c13-7-9-5-6-17(8-9)11-4-2-1-3-10(11)12(14,15)16/h1-4,9H,5-8H2. The number of benzene rings is 1. The lowest BCUT2D eigenvalue weighted by molar-refractivity contribution is -0.137. The highest BCUT2D eigenvalue weighted by Gasteiger charge is 2.35. The van der Waals surface area contributed by atoms with Crippen LogP contribution in [0.25, 0.3) is 0 Å². The van der Waals surface area contributed by atoms with Gasteiger partial charge in [-0.25, -0.2) is 0 Å². The maximum Gasteiger partial charge on any atom is 0.418 e. The number of alkyl halides is 4. The molecule has 0 aromatic heterocycles. The van der Waals surface area contributed by atoms with E-state index in [1.165, 1.54) is 6.07 Å². The van der Waals surface area contributed by atoms with Gasteiger partial charge >= 0.3 is 6.18 Å². The number of hydrogen-bond donors (Lipinski definition) is 0. The van der Waals surface area contributed by atoms with Gasteiger partial charge in [0.2, 0.25) is 0 Å². The summed E-state index contributed by atoms with van der Waals surface area (Å²) < 4.78 is 38.5. The third-order valence-electron chi connectivity index (χ3n) is 3.05. The van der Waals surface area contributed by atoms with Crippen LogP contribution >= 0.6 is 15.9 Å². The van der Waals surface area contributed by atoms with Gasteiger partial charge in [0.25, 0.3) is 0 Å². The Balaban J connectivity index is 2.27. The van der Waals surface area contributed by atoms with Crippen molar-refractivity contribution in [1.29, 1.82) is 0 Å². The topological polar surface area (TPSA) is 3.24 Å². The van der Waals surface area contributed by atoms with Crippen molar-refractivity contribution in [3.8, 4) is 0 Å². The summed E-state index contributed by atoms with van der Waals surface area (Å²) in [6, 6.07) is 5.80. The largest absolute Gasteiger partial charge is 0.418 e. The molecular weight excluding hydrogens is 295 g/mol. The fourth-order valence-corrected chi connectivity index (χ4v) is 2.70. The monoisotopic (exact) mass is 307 g/mol. The number of hydrogen-bond acceptors (Lipinski definition) is 1. The Bertz CT molecular complexity index is 392. The first-order valence-corrected chi connectivity index (χ1v) is 6.61. The predicted octanol–water partition coefficient (Wildman–Crippen LogP) is 3.93. The van der Waals surface area contributed by atoms with Crippen molar-refractivity contribution in [1.82, 2.24) is 0 Å². The van der Waals surface area contributed by atoms with E-state index in [2.05, 4.69) is 15.9 Å². The maximum atomic E-state index is 12.8. The molecule has 0 spiro atoms. The highest BCUT2D eigenvalue weighted by Crippen LogP contribution is 2.38. The van der Waals surface area contributed by atoms with E-state index < -0.39 is 11.7 Å². The van der Waals surface area contributed by atoms with Crippen molar-refractivity contribution < 1.29 is 13.2 Å². The van der Waals surface area contributed by atoms with E-state index in [4.69, 9.17) is 0 Å². The molecule has 17 heavy (non-hydrogen) atoms. The van der Waals surface area contributed by atoms with E-state index in [0.29, 0.717) is 24.7 Å². The minimum atomic E-state index is -4.27. The molecule has 1 aliphatic heterocycles. The van der Waals surface area contributed by atoms with Crippen molar-refractivity contribution >= 4 is 21.6 Å². The molecule has 1 aromatic carbocycles. The van der Waals surface area contributed by atoms with E-state index >= 15 is 0 Å². The van der Waals surface area contributed by atoms with Crippen LogP contribution in [-0.4, -0.2) is 18.4 Å². The van der Waals surface area contributed by atoms with Crippen LogP contribution in [0.15, 0.2) is 24.3 Å². The van der Waals surface area contributed by atoms with E-state index in [1.54, 1.807) is 12.1 Å². The van der Waals surface area contributed by atoms with Gasteiger partial charge in [0.15, 0.2) is 0 Å². The summed E-state index contributed by atoms with van der Waals surface area (Å²) in [5.41, 5.74) is -0.223. The predicted molar refractivity (Wildman–Crippen MR) is 65.6 cm³/mol. The summed E-state index contributed by atoms with van der Waals surface area (Å²) in [6.07, 6.45) is -3.33. The minimum Gasteiger partial charge on any atom is -0.371 e. The summed E-state index contributed by atoms with van der Waals surface area (Å²) in [6.45, 7) is 1.39. The van der Waals surface area contributed by atoms with Gasteiger partial charge in [-0.05, 0) is 24.5 Å². The molecule has 0 aliphatic carbocycles. The SMILES string of the molecule is FC(F)(F)c1ccccc1N1CCC(CBr)C1. The Kier molecular flexibility index (Phi) is 3.66. The number of anilines is 1. The van der Waals surface area contributed by atoms with Crippen LogP contribution in [0.3, 0.4) is 0 Å². The molecular formula is C12H13BrF3N. The average Bonchev–Trinajstić information content (AvgIpc) is 2.76. The normalized spacial score (nSPS) is 20.9. The quantitative estimate of drug-likeness (QED) is 0.748. The summed E-state index contributed by atoms with van der Waals surface area (Å²) in [4.78, 5) is 1.83. The molecule has 5 heteroatoms. The van der Waals surface area contributed by atoms with Gasteiger partial charge in [0.05, 0.1) is 5.56 Å². The lowest BCUT2D eigenvalue weighted by atomic mass is 10.1. The first-order chi connectivity index (χ1) is 8.02. The second-order valence-corrected chi connectivity index (χ2v) is 4.92. The van der Waals surface area contributed by atoms with Gasteiger partial charge in [-0.15, -0.1) is 0 Å². The highest BCUT2D eigenvalue weighted by molar-refractivity contribution is 9.09. The Morgan fingerprint density at radius 2 is 2.00 bits per heavy atom. The van der Waals surface area contributed by atoms with E-state index in [1.807, 2.05) is 4.90 Å². The van der Waals surface area contributed by atoms with Gasteiger partial charge < -0.3 is 4.90 Å². The van der Waals surface area contributed by atoms with Gasteiger partial charge in [-0.1, -0.05) is 28.1 Å². The van der Waals surface area contributed by atoms with Crippen LogP contribution in [0, 0.1) is 5.92 Å². The van der Waals surface area contributed by atoms with Gasteiger partial charge in [0.1, 0.15) is 0 Å². The lowest BCUT2D eigenvalue weighted by Crippen LogP contribution is -2.23. The van der Waals surface area contributed by atoms with Crippen LogP contribution in [0.1, 0.15) is 12.0 Å². The highest BCUT2D eigenvalue weighted by atomic mass is 79.9. The Morgan fingerprint density at radius 1 is 1.29 bits per heavy atom. The molecule has 0 radical (unpaired) electrons. The molecule has 1 saturated heterocycles. The number of nitrogens with zero attached hydrogens (tertiary/aromatic N) is 1.